The maximum atomic E-state index is 9.13. The predicted molar refractivity (Wildman–Crippen MR) is 74.8 cm³/mol. The van der Waals surface area contributed by atoms with Gasteiger partial charge >= 0.3 is 0 Å². The first-order chi connectivity index (χ1) is 8.47. The Morgan fingerprint density at radius 3 is 2.50 bits per heavy atom. The first-order valence-corrected chi connectivity index (χ1v) is 6.40. The third-order valence-corrected chi connectivity index (χ3v) is 2.81. The van der Waals surface area contributed by atoms with Crippen LogP contribution in [-0.4, -0.2) is 34.3 Å². The standard InChI is InChI=1S/C13H24N4O/c1-5-14-11-8-12(16-9-15-11)17-10(6-7-18)13(2,3)4/h8-10,18H,5-7H2,1-4H3,(H2,14,15,16,17). The molecule has 0 spiro atoms. The van der Waals surface area contributed by atoms with Crippen molar-refractivity contribution in [1.29, 1.82) is 0 Å². The van der Waals surface area contributed by atoms with E-state index in [1.165, 1.54) is 0 Å². The average Bonchev–Trinajstić information content (AvgIpc) is 2.28. The van der Waals surface area contributed by atoms with Crippen molar-refractivity contribution in [2.45, 2.75) is 40.2 Å². The summed E-state index contributed by atoms with van der Waals surface area (Å²) in [5, 5.41) is 15.7. The molecular weight excluding hydrogens is 228 g/mol. The molecule has 1 aromatic rings. The van der Waals surface area contributed by atoms with E-state index < -0.39 is 0 Å². The zero-order valence-electron chi connectivity index (χ0n) is 11.7. The van der Waals surface area contributed by atoms with E-state index in [1.807, 2.05) is 13.0 Å². The normalized spacial score (nSPS) is 13.2. The van der Waals surface area contributed by atoms with Gasteiger partial charge in [-0.25, -0.2) is 9.97 Å². The zero-order valence-corrected chi connectivity index (χ0v) is 11.7. The summed E-state index contributed by atoms with van der Waals surface area (Å²) in [4.78, 5) is 8.35. The van der Waals surface area contributed by atoms with Crippen molar-refractivity contribution in [3.8, 4) is 0 Å². The van der Waals surface area contributed by atoms with Gasteiger partial charge in [0.15, 0.2) is 0 Å². The molecule has 0 radical (unpaired) electrons. The van der Waals surface area contributed by atoms with E-state index in [-0.39, 0.29) is 18.1 Å². The molecule has 1 rings (SSSR count). The molecule has 0 amide bonds. The second kappa shape index (κ2) is 6.54. The summed E-state index contributed by atoms with van der Waals surface area (Å²) in [6, 6.07) is 2.06. The molecular formula is C13H24N4O. The Labute approximate surface area is 109 Å². The van der Waals surface area contributed by atoms with Crippen LogP contribution in [-0.2, 0) is 0 Å². The highest BCUT2D eigenvalue weighted by Gasteiger charge is 2.24. The molecule has 102 valence electrons. The largest absolute Gasteiger partial charge is 0.396 e. The summed E-state index contributed by atoms with van der Waals surface area (Å²) < 4.78 is 0. The first kappa shape index (κ1) is 14.7. The van der Waals surface area contributed by atoms with Gasteiger partial charge in [-0.05, 0) is 18.8 Å². The van der Waals surface area contributed by atoms with Crippen LogP contribution < -0.4 is 10.6 Å². The van der Waals surface area contributed by atoms with Gasteiger partial charge in [-0.3, -0.25) is 0 Å². The molecule has 0 aromatic carbocycles. The molecule has 3 N–H and O–H groups in total. The van der Waals surface area contributed by atoms with E-state index in [0.717, 1.165) is 18.2 Å². The number of anilines is 2. The van der Waals surface area contributed by atoms with E-state index in [1.54, 1.807) is 6.33 Å². The molecule has 5 nitrogen and oxygen atoms in total. The van der Waals surface area contributed by atoms with Gasteiger partial charge in [0.25, 0.3) is 0 Å². The maximum Gasteiger partial charge on any atom is 0.131 e. The zero-order chi connectivity index (χ0) is 13.6. The monoisotopic (exact) mass is 252 g/mol. The maximum absolute atomic E-state index is 9.13. The molecule has 0 fully saturated rings. The highest BCUT2D eigenvalue weighted by Crippen LogP contribution is 2.25. The SMILES string of the molecule is CCNc1cc(NC(CCO)C(C)(C)C)ncn1. The van der Waals surface area contributed by atoms with E-state index >= 15 is 0 Å². The van der Waals surface area contributed by atoms with Crippen molar-refractivity contribution in [3.63, 3.8) is 0 Å². The van der Waals surface area contributed by atoms with Gasteiger partial charge < -0.3 is 15.7 Å². The summed E-state index contributed by atoms with van der Waals surface area (Å²) in [6.07, 6.45) is 2.24. The molecule has 0 aliphatic rings. The molecule has 0 saturated heterocycles. The van der Waals surface area contributed by atoms with Crippen molar-refractivity contribution in [2.24, 2.45) is 5.41 Å². The lowest BCUT2D eigenvalue weighted by Crippen LogP contribution is -2.35. The minimum atomic E-state index is 0.0615. The Hall–Kier alpha value is -1.36. The van der Waals surface area contributed by atoms with Crippen molar-refractivity contribution in [1.82, 2.24) is 9.97 Å². The Morgan fingerprint density at radius 1 is 1.28 bits per heavy atom. The minimum absolute atomic E-state index is 0.0615. The average molecular weight is 252 g/mol. The van der Waals surface area contributed by atoms with Crippen molar-refractivity contribution in [2.75, 3.05) is 23.8 Å². The summed E-state index contributed by atoms with van der Waals surface area (Å²) in [6.45, 7) is 9.46. The number of hydrogen-bond donors (Lipinski definition) is 3. The number of nitrogens with one attached hydrogen (secondary N) is 2. The molecule has 0 bridgehead atoms. The van der Waals surface area contributed by atoms with E-state index in [2.05, 4.69) is 41.4 Å². The number of aromatic nitrogens is 2. The van der Waals surface area contributed by atoms with Crippen molar-refractivity contribution < 1.29 is 5.11 Å². The highest BCUT2D eigenvalue weighted by atomic mass is 16.3. The quantitative estimate of drug-likeness (QED) is 0.723. The van der Waals surface area contributed by atoms with Crippen LogP contribution in [0.2, 0.25) is 0 Å². The van der Waals surface area contributed by atoms with Crippen LogP contribution in [0.4, 0.5) is 11.6 Å². The summed E-state index contributed by atoms with van der Waals surface area (Å²) in [7, 11) is 0. The second-order valence-corrected chi connectivity index (χ2v) is 5.39. The number of hydrogen-bond acceptors (Lipinski definition) is 5. The van der Waals surface area contributed by atoms with Crippen LogP contribution in [0.1, 0.15) is 34.1 Å². The van der Waals surface area contributed by atoms with Gasteiger partial charge in [0.05, 0.1) is 0 Å². The fourth-order valence-electron chi connectivity index (χ4n) is 1.74. The van der Waals surface area contributed by atoms with Gasteiger partial charge in [-0.1, -0.05) is 20.8 Å². The third-order valence-electron chi connectivity index (χ3n) is 2.81. The van der Waals surface area contributed by atoms with E-state index in [9.17, 15) is 0 Å². The fourth-order valence-corrected chi connectivity index (χ4v) is 1.74. The molecule has 18 heavy (non-hydrogen) atoms. The van der Waals surface area contributed by atoms with Crippen LogP contribution in [0.5, 0.6) is 0 Å². The molecule has 0 aliphatic carbocycles. The van der Waals surface area contributed by atoms with Crippen LogP contribution in [0, 0.1) is 5.41 Å². The highest BCUT2D eigenvalue weighted by molar-refractivity contribution is 5.47. The Bertz CT molecular complexity index is 362. The second-order valence-electron chi connectivity index (χ2n) is 5.39. The molecule has 1 unspecified atom stereocenters. The lowest BCUT2D eigenvalue weighted by molar-refractivity contribution is 0.235. The topological polar surface area (TPSA) is 70.1 Å². The van der Waals surface area contributed by atoms with Gasteiger partial charge in [-0.15, -0.1) is 0 Å². The summed E-state index contributed by atoms with van der Waals surface area (Å²) in [5.41, 5.74) is 0.0615. The third kappa shape index (κ3) is 4.49. The Kier molecular flexibility index (Phi) is 5.34. The molecule has 1 aromatic heterocycles. The molecule has 1 atom stereocenters. The van der Waals surface area contributed by atoms with Crippen molar-refractivity contribution >= 4 is 11.6 Å². The molecule has 0 saturated carbocycles. The van der Waals surface area contributed by atoms with Crippen LogP contribution in [0.3, 0.4) is 0 Å². The Balaban J connectivity index is 2.77. The van der Waals surface area contributed by atoms with Gasteiger partial charge in [0.2, 0.25) is 0 Å². The van der Waals surface area contributed by atoms with Gasteiger partial charge in [-0.2, -0.15) is 0 Å². The lowest BCUT2D eigenvalue weighted by Gasteiger charge is -2.31. The number of nitrogens with zero attached hydrogens (tertiary/aromatic N) is 2. The predicted octanol–water partition coefficient (Wildman–Crippen LogP) is 2.12. The number of aliphatic hydroxyl groups is 1. The first-order valence-electron chi connectivity index (χ1n) is 6.40. The van der Waals surface area contributed by atoms with E-state index in [4.69, 9.17) is 5.11 Å². The number of aliphatic hydroxyl groups excluding tert-OH is 1. The minimum Gasteiger partial charge on any atom is -0.396 e. The van der Waals surface area contributed by atoms with Gasteiger partial charge in [0.1, 0.15) is 18.0 Å². The van der Waals surface area contributed by atoms with Crippen LogP contribution >= 0.6 is 0 Å². The molecule has 5 heteroatoms. The Morgan fingerprint density at radius 2 is 1.94 bits per heavy atom. The fraction of sp³-hybridized carbons (Fsp3) is 0.692. The smallest absolute Gasteiger partial charge is 0.131 e. The van der Waals surface area contributed by atoms with Crippen molar-refractivity contribution in [3.05, 3.63) is 12.4 Å². The summed E-state index contributed by atoms with van der Waals surface area (Å²) in [5.74, 6) is 1.60. The molecule has 1 heterocycles. The lowest BCUT2D eigenvalue weighted by atomic mass is 9.85. The van der Waals surface area contributed by atoms with Crippen LogP contribution in [0.15, 0.2) is 12.4 Å². The summed E-state index contributed by atoms with van der Waals surface area (Å²) >= 11 is 0. The number of rotatable bonds is 6. The van der Waals surface area contributed by atoms with Crippen LogP contribution in [0.25, 0.3) is 0 Å². The van der Waals surface area contributed by atoms with E-state index in [0.29, 0.717) is 6.42 Å². The van der Waals surface area contributed by atoms with Gasteiger partial charge in [0, 0.05) is 25.3 Å². The molecule has 0 aliphatic heterocycles.